The SMILES string of the molecule is CS(=O)(=O)Nc1cccc2c1CCCN2CC(=O)N[C@@H]1CCS(=O)(=O)C1. The van der Waals surface area contributed by atoms with Crippen molar-refractivity contribution in [3.8, 4) is 0 Å². The lowest BCUT2D eigenvalue weighted by Gasteiger charge is -2.32. The minimum Gasteiger partial charge on any atom is -0.362 e. The van der Waals surface area contributed by atoms with E-state index in [1.807, 2.05) is 11.0 Å². The molecule has 2 aliphatic rings. The van der Waals surface area contributed by atoms with Crippen molar-refractivity contribution in [1.82, 2.24) is 5.32 Å². The molecule has 10 heteroatoms. The van der Waals surface area contributed by atoms with E-state index in [0.29, 0.717) is 18.7 Å². The Hall–Kier alpha value is -1.81. The number of nitrogens with zero attached hydrogens (tertiary/aromatic N) is 1. The van der Waals surface area contributed by atoms with Crippen LogP contribution in [-0.2, 0) is 31.1 Å². The number of hydrogen-bond acceptors (Lipinski definition) is 6. The standard InChI is InChI=1S/C16H23N3O5S2/c1-25(21,22)18-14-5-2-6-15-13(14)4-3-8-19(15)10-16(20)17-12-7-9-26(23,24)11-12/h2,5-6,12,18H,3-4,7-11H2,1H3,(H,17,20)/t12-/m1/s1. The fraction of sp³-hybridized carbons (Fsp3) is 0.562. The third-order valence-corrected chi connectivity index (χ3v) is 6.93. The molecule has 1 aromatic rings. The second kappa shape index (κ2) is 7.07. The monoisotopic (exact) mass is 401 g/mol. The number of hydrogen-bond donors (Lipinski definition) is 2. The lowest BCUT2D eigenvalue weighted by Crippen LogP contribution is -2.44. The Morgan fingerprint density at radius 1 is 1.35 bits per heavy atom. The lowest BCUT2D eigenvalue weighted by atomic mass is 10.00. The van der Waals surface area contributed by atoms with E-state index in [9.17, 15) is 21.6 Å². The van der Waals surface area contributed by atoms with Gasteiger partial charge in [0.05, 0.1) is 30.0 Å². The third-order valence-electron chi connectivity index (χ3n) is 4.57. The second-order valence-corrected chi connectivity index (χ2v) is 10.8. The van der Waals surface area contributed by atoms with Crippen LogP contribution in [0.25, 0.3) is 0 Å². The summed E-state index contributed by atoms with van der Waals surface area (Å²) in [6, 6.07) is 5.02. The quantitative estimate of drug-likeness (QED) is 0.724. The van der Waals surface area contributed by atoms with Crippen molar-refractivity contribution in [3.05, 3.63) is 23.8 Å². The molecule has 2 N–H and O–H groups in total. The summed E-state index contributed by atoms with van der Waals surface area (Å²) in [7, 11) is -6.42. The van der Waals surface area contributed by atoms with Crippen LogP contribution in [0.15, 0.2) is 18.2 Å². The van der Waals surface area contributed by atoms with E-state index in [1.54, 1.807) is 12.1 Å². The van der Waals surface area contributed by atoms with Crippen LogP contribution in [0.1, 0.15) is 18.4 Å². The number of sulfone groups is 1. The van der Waals surface area contributed by atoms with Crippen LogP contribution in [0.2, 0.25) is 0 Å². The molecule has 3 rings (SSSR count). The Labute approximate surface area is 153 Å². The van der Waals surface area contributed by atoms with Crippen molar-refractivity contribution in [1.29, 1.82) is 0 Å². The molecule has 26 heavy (non-hydrogen) atoms. The van der Waals surface area contributed by atoms with Gasteiger partial charge in [0.15, 0.2) is 9.84 Å². The molecule has 0 saturated carbocycles. The maximum Gasteiger partial charge on any atom is 0.239 e. The molecule has 1 amide bonds. The number of amides is 1. The first-order valence-corrected chi connectivity index (χ1v) is 12.2. The van der Waals surface area contributed by atoms with Gasteiger partial charge in [-0.15, -0.1) is 0 Å². The Bertz CT molecular complexity index is 912. The summed E-state index contributed by atoms with van der Waals surface area (Å²) in [6.07, 6.45) is 3.09. The fourth-order valence-electron chi connectivity index (χ4n) is 3.52. The molecule has 2 heterocycles. The third kappa shape index (κ3) is 4.67. The number of sulfonamides is 1. The van der Waals surface area contributed by atoms with E-state index < -0.39 is 19.9 Å². The average molecular weight is 402 g/mol. The van der Waals surface area contributed by atoms with Crippen LogP contribution < -0.4 is 14.9 Å². The van der Waals surface area contributed by atoms with Gasteiger partial charge >= 0.3 is 0 Å². The van der Waals surface area contributed by atoms with Crippen molar-refractivity contribution in [2.24, 2.45) is 0 Å². The van der Waals surface area contributed by atoms with Crippen LogP contribution >= 0.6 is 0 Å². The molecule has 0 spiro atoms. The molecule has 0 radical (unpaired) electrons. The predicted molar refractivity (Wildman–Crippen MR) is 101 cm³/mol. The Morgan fingerprint density at radius 3 is 2.77 bits per heavy atom. The number of anilines is 2. The van der Waals surface area contributed by atoms with Crippen molar-refractivity contribution < 1.29 is 21.6 Å². The molecule has 1 saturated heterocycles. The van der Waals surface area contributed by atoms with E-state index >= 15 is 0 Å². The highest BCUT2D eigenvalue weighted by Gasteiger charge is 2.30. The van der Waals surface area contributed by atoms with Crippen LogP contribution in [0.4, 0.5) is 11.4 Å². The van der Waals surface area contributed by atoms with Crippen molar-refractivity contribution in [3.63, 3.8) is 0 Å². The zero-order valence-corrected chi connectivity index (χ0v) is 16.2. The smallest absolute Gasteiger partial charge is 0.239 e. The van der Waals surface area contributed by atoms with Gasteiger partial charge in [-0.1, -0.05) is 6.07 Å². The number of carbonyl (C=O) groups is 1. The van der Waals surface area contributed by atoms with Gasteiger partial charge in [-0.05, 0) is 37.0 Å². The largest absolute Gasteiger partial charge is 0.362 e. The van der Waals surface area contributed by atoms with Crippen molar-refractivity contribution >= 4 is 37.1 Å². The second-order valence-electron chi connectivity index (χ2n) is 6.87. The fourth-order valence-corrected chi connectivity index (χ4v) is 5.78. The van der Waals surface area contributed by atoms with Gasteiger partial charge in [0.25, 0.3) is 0 Å². The molecule has 0 aromatic heterocycles. The highest BCUT2D eigenvalue weighted by Crippen LogP contribution is 2.33. The highest BCUT2D eigenvalue weighted by molar-refractivity contribution is 7.92. The van der Waals surface area contributed by atoms with Gasteiger partial charge in [-0.3, -0.25) is 9.52 Å². The van der Waals surface area contributed by atoms with Crippen molar-refractivity contribution in [2.75, 3.05) is 40.5 Å². The number of carbonyl (C=O) groups excluding carboxylic acids is 1. The first kappa shape index (κ1) is 19.0. The molecule has 144 valence electrons. The number of rotatable bonds is 5. The van der Waals surface area contributed by atoms with Gasteiger partial charge in [-0.25, -0.2) is 16.8 Å². The topological polar surface area (TPSA) is 113 Å². The summed E-state index contributed by atoms with van der Waals surface area (Å²) in [5.74, 6) is -0.107. The van der Waals surface area contributed by atoms with Gasteiger partial charge < -0.3 is 10.2 Å². The maximum atomic E-state index is 12.3. The first-order chi connectivity index (χ1) is 12.1. The summed E-state index contributed by atoms with van der Waals surface area (Å²) < 4.78 is 48.7. The van der Waals surface area contributed by atoms with Crippen LogP contribution in [-0.4, -0.2) is 59.6 Å². The van der Waals surface area contributed by atoms with Crippen LogP contribution in [0.3, 0.4) is 0 Å². The predicted octanol–water partition coefficient (Wildman–Crippen LogP) is 0.114. The zero-order chi connectivity index (χ0) is 18.9. The van der Waals surface area contributed by atoms with Crippen LogP contribution in [0, 0.1) is 0 Å². The van der Waals surface area contributed by atoms with Crippen LogP contribution in [0.5, 0.6) is 0 Å². The molecule has 2 aliphatic heterocycles. The molecule has 8 nitrogen and oxygen atoms in total. The summed E-state index contributed by atoms with van der Waals surface area (Å²) >= 11 is 0. The average Bonchev–Trinajstić information content (AvgIpc) is 2.85. The van der Waals surface area contributed by atoms with Gasteiger partial charge in [-0.2, -0.15) is 0 Å². The summed E-state index contributed by atoms with van der Waals surface area (Å²) in [4.78, 5) is 14.3. The molecule has 0 bridgehead atoms. The Morgan fingerprint density at radius 2 is 2.12 bits per heavy atom. The van der Waals surface area contributed by atoms with E-state index in [2.05, 4.69) is 10.0 Å². The van der Waals surface area contributed by atoms with Gasteiger partial charge in [0.2, 0.25) is 15.9 Å². The molecule has 1 fully saturated rings. The molecular weight excluding hydrogens is 378 g/mol. The molecular formula is C16H23N3O5S2. The maximum absolute atomic E-state index is 12.3. The molecule has 1 aromatic carbocycles. The Kier molecular flexibility index (Phi) is 5.16. The minimum atomic E-state index is -3.38. The van der Waals surface area contributed by atoms with E-state index in [0.717, 1.165) is 30.3 Å². The van der Waals surface area contributed by atoms with Crippen molar-refractivity contribution in [2.45, 2.75) is 25.3 Å². The van der Waals surface area contributed by atoms with Gasteiger partial charge in [0, 0.05) is 18.3 Å². The van der Waals surface area contributed by atoms with E-state index in [4.69, 9.17) is 0 Å². The summed E-state index contributed by atoms with van der Waals surface area (Å²) in [5, 5.41) is 2.79. The molecule has 0 unspecified atom stereocenters. The van der Waals surface area contributed by atoms with E-state index in [-0.39, 0.29) is 30.0 Å². The first-order valence-electron chi connectivity index (χ1n) is 8.47. The number of fused-ring (bicyclic) bond motifs is 1. The number of benzene rings is 1. The highest BCUT2D eigenvalue weighted by atomic mass is 32.2. The number of nitrogens with one attached hydrogen (secondary N) is 2. The minimum absolute atomic E-state index is 0.00223. The summed E-state index contributed by atoms with van der Waals surface area (Å²) in [6.45, 7) is 0.803. The molecule has 0 aliphatic carbocycles. The summed E-state index contributed by atoms with van der Waals surface area (Å²) in [5.41, 5.74) is 2.25. The van der Waals surface area contributed by atoms with Gasteiger partial charge in [0.1, 0.15) is 0 Å². The normalized spacial score (nSPS) is 21.9. The zero-order valence-electron chi connectivity index (χ0n) is 14.6. The Balaban J connectivity index is 1.71. The molecule has 1 atom stereocenters. The lowest BCUT2D eigenvalue weighted by molar-refractivity contribution is -0.120. The van der Waals surface area contributed by atoms with E-state index in [1.165, 1.54) is 0 Å².